The topological polar surface area (TPSA) is 37.3 Å². The number of aliphatic hydroxyl groups excluding tert-OH is 1. The molecule has 0 aliphatic carbocycles. The van der Waals surface area contributed by atoms with Gasteiger partial charge in [-0.05, 0) is 24.8 Å². The molecule has 0 fully saturated rings. The summed E-state index contributed by atoms with van der Waals surface area (Å²) in [4.78, 5) is 10.8. The third-order valence-corrected chi connectivity index (χ3v) is 1.55. The molecule has 2 nitrogen and oxygen atoms in total. The summed E-state index contributed by atoms with van der Waals surface area (Å²) < 4.78 is 0. The van der Waals surface area contributed by atoms with E-state index in [1.165, 1.54) is 6.08 Å². The Labute approximate surface area is 67.9 Å². The van der Waals surface area contributed by atoms with Gasteiger partial charge in [0.25, 0.3) is 0 Å². The van der Waals surface area contributed by atoms with Crippen LogP contribution in [0.4, 0.5) is 0 Å². The normalized spacial score (nSPS) is 13.1. The van der Waals surface area contributed by atoms with Crippen molar-refractivity contribution in [2.45, 2.75) is 32.8 Å². The lowest BCUT2D eigenvalue weighted by molar-refractivity contribution is -0.122. The second-order valence-electron chi connectivity index (χ2n) is 3.09. The van der Waals surface area contributed by atoms with Gasteiger partial charge in [0.15, 0.2) is 5.78 Å². The summed E-state index contributed by atoms with van der Waals surface area (Å²) in [5.74, 6) is 0.257. The molecule has 0 aromatic carbocycles. The molecule has 1 N–H and O–H groups in total. The molecule has 0 amide bonds. The number of rotatable bonds is 5. The molecule has 0 aromatic rings. The van der Waals surface area contributed by atoms with Gasteiger partial charge in [0.1, 0.15) is 6.10 Å². The van der Waals surface area contributed by atoms with Gasteiger partial charge in [0, 0.05) is 0 Å². The monoisotopic (exact) mass is 156 g/mol. The molecule has 64 valence electrons. The minimum atomic E-state index is -0.838. The molecule has 0 aliphatic heterocycles. The summed E-state index contributed by atoms with van der Waals surface area (Å²) in [5, 5.41) is 9.15. The SMILES string of the molecule is C=CC(=O)C(O)CCC(C)C. The zero-order valence-electron chi connectivity index (χ0n) is 7.21. The molecule has 0 saturated heterocycles. The Hall–Kier alpha value is -0.630. The van der Waals surface area contributed by atoms with Crippen LogP contribution < -0.4 is 0 Å². The van der Waals surface area contributed by atoms with Crippen molar-refractivity contribution in [3.63, 3.8) is 0 Å². The molecule has 0 aromatic heterocycles. The Kier molecular flexibility index (Phi) is 4.79. The molecule has 0 heterocycles. The molecule has 1 unspecified atom stereocenters. The molecular weight excluding hydrogens is 140 g/mol. The van der Waals surface area contributed by atoms with E-state index >= 15 is 0 Å². The van der Waals surface area contributed by atoms with Gasteiger partial charge in [-0.2, -0.15) is 0 Å². The van der Waals surface area contributed by atoms with Gasteiger partial charge >= 0.3 is 0 Å². The van der Waals surface area contributed by atoms with Gasteiger partial charge in [0.05, 0.1) is 0 Å². The predicted octanol–water partition coefficient (Wildman–Crippen LogP) is 1.54. The van der Waals surface area contributed by atoms with E-state index in [0.29, 0.717) is 12.3 Å². The Morgan fingerprint density at radius 1 is 1.55 bits per heavy atom. The first-order chi connectivity index (χ1) is 5.07. The maximum absolute atomic E-state index is 10.8. The lowest BCUT2D eigenvalue weighted by atomic mass is 10.0. The maximum Gasteiger partial charge on any atom is 0.183 e. The number of aliphatic hydroxyl groups is 1. The van der Waals surface area contributed by atoms with Crippen molar-refractivity contribution in [1.82, 2.24) is 0 Å². The summed E-state index contributed by atoms with van der Waals surface area (Å²) >= 11 is 0. The highest BCUT2D eigenvalue weighted by Crippen LogP contribution is 2.07. The largest absolute Gasteiger partial charge is 0.385 e. The van der Waals surface area contributed by atoms with Crippen molar-refractivity contribution in [2.24, 2.45) is 5.92 Å². The van der Waals surface area contributed by atoms with Crippen LogP contribution in [-0.2, 0) is 4.79 Å². The van der Waals surface area contributed by atoms with E-state index in [0.717, 1.165) is 6.42 Å². The van der Waals surface area contributed by atoms with Crippen LogP contribution in [-0.4, -0.2) is 17.0 Å². The first-order valence-electron chi connectivity index (χ1n) is 3.92. The number of carbonyl (C=O) groups excluding carboxylic acids is 1. The van der Waals surface area contributed by atoms with E-state index in [4.69, 9.17) is 5.11 Å². The zero-order chi connectivity index (χ0) is 8.85. The summed E-state index contributed by atoms with van der Waals surface area (Å²) in [6.07, 6.45) is 1.75. The average Bonchev–Trinajstić information content (AvgIpc) is 1.98. The van der Waals surface area contributed by atoms with Crippen molar-refractivity contribution in [1.29, 1.82) is 0 Å². The van der Waals surface area contributed by atoms with E-state index in [-0.39, 0.29) is 5.78 Å². The molecule has 0 bridgehead atoms. The van der Waals surface area contributed by atoms with Gasteiger partial charge in [-0.3, -0.25) is 4.79 Å². The molecule has 1 atom stereocenters. The van der Waals surface area contributed by atoms with E-state index in [1.807, 2.05) is 0 Å². The van der Waals surface area contributed by atoms with Crippen molar-refractivity contribution in [3.8, 4) is 0 Å². The fourth-order valence-corrected chi connectivity index (χ4v) is 0.769. The molecule has 0 saturated carbocycles. The van der Waals surface area contributed by atoms with Gasteiger partial charge in [-0.1, -0.05) is 20.4 Å². The van der Waals surface area contributed by atoms with Crippen molar-refractivity contribution in [3.05, 3.63) is 12.7 Å². The first kappa shape index (κ1) is 10.4. The maximum atomic E-state index is 10.8. The number of ketones is 1. The molecule has 0 rings (SSSR count). The minimum Gasteiger partial charge on any atom is -0.385 e. The van der Waals surface area contributed by atoms with E-state index in [2.05, 4.69) is 20.4 Å². The van der Waals surface area contributed by atoms with Crippen molar-refractivity contribution >= 4 is 5.78 Å². The molecular formula is C9H16O2. The van der Waals surface area contributed by atoms with E-state index in [9.17, 15) is 4.79 Å². The van der Waals surface area contributed by atoms with Crippen LogP contribution in [0.3, 0.4) is 0 Å². The Balaban J connectivity index is 3.60. The Morgan fingerprint density at radius 2 is 2.09 bits per heavy atom. The fourth-order valence-electron chi connectivity index (χ4n) is 0.769. The van der Waals surface area contributed by atoms with Gasteiger partial charge in [-0.25, -0.2) is 0 Å². The molecule has 0 radical (unpaired) electrons. The molecule has 2 heteroatoms. The first-order valence-corrected chi connectivity index (χ1v) is 3.92. The molecule has 0 aliphatic rings. The van der Waals surface area contributed by atoms with Crippen LogP contribution in [0.2, 0.25) is 0 Å². The summed E-state index contributed by atoms with van der Waals surface area (Å²) in [5.41, 5.74) is 0. The highest BCUT2D eigenvalue weighted by molar-refractivity contribution is 5.92. The van der Waals surface area contributed by atoms with Crippen LogP contribution in [0.25, 0.3) is 0 Å². The second kappa shape index (κ2) is 5.08. The summed E-state index contributed by atoms with van der Waals surface area (Å²) in [7, 11) is 0. The van der Waals surface area contributed by atoms with Crippen molar-refractivity contribution < 1.29 is 9.90 Å². The average molecular weight is 156 g/mol. The summed E-state index contributed by atoms with van der Waals surface area (Å²) in [6, 6.07) is 0. The van der Waals surface area contributed by atoms with E-state index < -0.39 is 6.10 Å². The number of hydrogen-bond donors (Lipinski definition) is 1. The number of hydrogen-bond acceptors (Lipinski definition) is 2. The standard InChI is InChI=1S/C9H16O2/c1-4-8(10)9(11)6-5-7(2)3/h4,7,9,11H,1,5-6H2,2-3H3. The van der Waals surface area contributed by atoms with Crippen LogP contribution in [0.5, 0.6) is 0 Å². The van der Waals surface area contributed by atoms with Gasteiger partial charge in [-0.15, -0.1) is 0 Å². The Bertz CT molecular complexity index is 138. The fraction of sp³-hybridized carbons (Fsp3) is 0.667. The highest BCUT2D eigenvalue weighted by Gasteiger charge is 2.10. The lowest BCUT2D eigenvalue weighted by Gasteiger charge is -2.07. The van der Waals surface area contributed by atoms with Crippen molar-refractivity contribution in [2.75, 3.05) is 0 Å². The van der Waals surface area contributed by atoms with Crippen LogP contribution in [0.15, 0.2) is 12.7 Å². The van der Waals surface area contributed by atoms with Gasteiger partial charge in [0.2, 0.25) is 0 Å². The number of carbonyl (C=O) groups is 1. The third kappa shape index (κ3) is 4.73. The Morgan fingerprint density at radius 3 is 2.45 bits per heavy atom. The van der Waals surface area contributed by atoms with Gasteiger partial charge < -0.3 is 5.11 Å². The quantitative estimate of drug-likeness (QED) is 0.613. The van der Waals surface area contributed by atoms with Crippen LogP contribution in [0.1, 0.15) is 26.7 Å². The predicted molar refractivity (Wildman–Crippen MR) is 45.3 cm³/mol. The molecule has 11 heavy (non-hydrogen) atoms. The van der Waals surface area contributed by atoms with E-state index in [1.54, 1.807) is 0 Å². The minimum absolute atomic E-state index is 0.273. The zero-order valence-corrected chi connectivity index (χ0v) is 7.21. The van der Waals surface area contributed by atoms with Crippen LogP contribution in [0, 0.1) is 5.92 Å². The molecule has 0 spiro atoms. The highest BCUT2D eigenvalue weighted by atomic mass is 16.3. The second-order valence-corrected chi connectivity index (χ2v) is 3.09. The van der Waals surface area contributed by atoms with Crippen LogP contribution >= 0.6 is 0 Å². The summed E-state index contributed by atoms with van der Waals surface area (Å²) in [6.45, 7) is 7.42. The smallest absolute Gasteiger partial charge is 0.183 e. The lowest BCUT2D eigenvalue weighted by Crippen LogP contribution is -2.18. The third-order valence-electron chi connectivity index (χ3n) is 1.55.